The highest BCUT2D eigenvalue weighted by atomic mass is 16.6. The monoisotopic (exact) mass is 222 g/mol. The molecule has 0 bridgehead atoms. The molecule has 5 heteroatoms. The predicted octanol–water partition coefficient (Wildman–Crippen LogP) is 1.97. The first-order valence-electron chi connectivity index (χ1n) is 4.88. The van der Waals surface area contributed by atoms with E-state index < -0.39 is 4.92 Å². The Morgan fingerprint density at radius 2 is 2.31 bits per heavy atom. The third kappa shape index (κ3) is 3.06. The van der Waals surface area contributed by atoms with Crippen molar-refractivity contribution < 1.29 is 9.66 Å². The lowest BCUT2D eigenvalue weighted by Gasteiger charge is -2.02. The van der Waals surface area contributed by atoms with E-state index in [4.69, 9.17) is 10.5 Å². The number of methoxy groups -OCH3 is 1. The average Bonchev–Trinajstić information content (AvgIpc) is 2.29. The molecule has 0 saturated carbocycles. The summed E-state index contributed by atoms with van der Waals surface area (Å²) < 4.78 is 5.01. The summed E-state index contributed by atoms with van der Waals surface area (Å²) in [5, 5.41) is 10.8. The number of nitrogens with two attached hydrogens (primary N) is 1. The summed E-state index contributed by atoms with van der Waals surface area (Å²) >= 11 is 0. The molecular weight excluding hydrogens is 208 g/mol. The number of hydrogen-bond acceptors (Lipinski definition) is 4. The van der Waals surface area contributed by atoms with Gasteiger partial charge in [0.2, 0.25) is 0 Å². The third-order valence-corrected chi connectivity index (χ3v) is 2.06. The molecule has 86 valence electrons. The van der Waals surface area contributed by atoms with Crippen molar-refractivity contribution in [1.29, 1.82) is 0 Å². The molecule has 0 aliphatic heterocycles. The predicted molar refractivity (Wildman–Crippen MR) is 62.4 cm³/mol. The quantitative estimate of drug-likeness (QED) is 0.610. The summed E-state index contributed by atoms with van der Waals surface area (Å²) in [4.78, 5) is 10.3. The highest BCUT2D eigenvalue weighted by Gasteiger charge is 2.11. The van der Waals surface area contributed by atoms with E-state index in [2.05, 4.69) is 0 Å². The zero-order valence-corrected chi connectivity index (χ0v) is 9.05. The smallest absolute Gasteiger partial charge is 0.276 e. The highest BCUT2D eigenvalue weighted by molar-refractivity contribution is 5.62. The van der Waals surface area contributed by atoms with E-state index in [0.29, 0.717) is 24.3 Å². The molecule has 0 heterocycles. The van der Waals surface area contributed by atoms with Crippen molar-refractivity contribution in [3.8, 4) is 5.75 Å². The van der Waals surface area contributed by atoms with E-state index in [-0.39, 0.29) is 5.69 Å². The van der Waals surface area contributed by atoms with Crippen LogP contribution in [0.25, 0.3) is 6.08 Å². The number of ether oxygens (including phenoxy) is 1. The zero-order chi connectivity index (χ0) is 12.0. The van der Waals surface area contributed by atoms with Crippen molar-refractivity contribution in [2.45, 2.75) is 6.42 Å². The molecule has 0 aliphatic carbocycles. The molecule has 0 radical (unpaired) electrons. The maximum absolute atomic E-state index is 10.8. The average molecular weight is 222 g/mol. The van der Waals surface area contributed by atoms with Gasteiger partial charge in [-0.1, -0.05) is 12.2 Å². The molecule has 1 rings (SSSR count). The summed E-state index contributed by atoms with van der Waals surface area (Å²) in [6.45, 7) is 0.522. The van der Waals surface area contributed by atoms with Crippen LogP contribution < -0.4 is 10.5 Å². The van der Waals surface area contributed by atoms with Crippen molar-refractivity contribution in [2.75, 3.05) is 13.7 Å². The Balaban J connectivity index is 3.05. The third-order valence-electron chi connectivity index (χ3n) is 2.06. The van der Waals surface area contributed by atoms with Crippen molar-refractivity contribution in [2.24, 2.45) is 5.73 Å². The van der Waals surface area contributed by atoms with Gasteiger partial charge in [-0.3, -0.25) is 10.1 Å². The highest BCUT2D eigenvalue weighted by Crippen LogP contribution is 2.25. The molecule has 0 amide bonds. The topological polar surface area (TPSA) is 78.4 Å². The van der Waals surface area contributed by atoms with E-state index in [0.717, 1.165) is 0 Å². The van der Waals surface area contributed by atoms with Gasteiger partial charge in [-0.15, -0.1) is 0 Å². The van der Waals surface area contributed by atoms with Crippen LogP contribution in [0.5, 0.6) is 5.75 Å². The van der Waals surface area contributed by atoms with Crippen molar-refractivity contribution in [1.82, 2.24) is 0 Å². The van der Waals surface area contributed by atoms with Crippen LogP contribution in [-0.2, 0) is 0 Å². The molecule has 0 aromatic heterocycles. The van der Waals surface area contributed by atoms with Crippen LogP contribution >= 0.6 is 0 Å². The maximum Gasteiger partial charge on any atom is 0.276 e. The van der Waals surface area contributed by atoms with Crippen molar-refractivity contribution in [3.05, 3.63) is 40.0 Å². The van der Waals surface area contributed by atoms with Crippen LogP contribution in [0.3, 0.4) is 0 Å². The summed E-state index contributed by atoms with van der Waals surface area (Å²) in [5.74, 6) is 0.595. The maximum atomic E-state index is 10.8. The lowest BCUT2D eigenvalue weighted by Crippen LogP contribution is -1.96. The summed E-state index contributed by atoms with van der Waals surface area (Å²) in [5.41, 5.74) is 5.93. The Bertz CT molecular complexity index is 402. The second-order valence-corrected chi connectivity index (χ2v) is 3.16. The van der Waals surface area contributed by atoms with Crippen LogP contribution in [0.1, 0.15) is 12.0 Å². The van der Waals surface area contributed by atoms with E-state index in [1.807, 2.05) is 6.08 Å². The second-order valence-electron chi connectivity index (χ2n) is 3.16. The van der Waals surface area contributed by atoms with Crippen molar-refractivity contribution >= 4 is 11.8 Å². The van der Waals surface area contributed by atoms with E-state index >= 15 is 0 Å². The molecule has 0 unspecified atom stereocenters. The molecule has 0 fully saturated rings. The summed E-state index contributed by atoms with van der Waals surface area (Å²) in [6, 6.07) is 4.63. The number of hydrogen-bond donors (Lipinski definition) is 1. The molecule has 1 aromatic rings. The van der Waals surface area contributed by atoms with Crippen LogP contribution in [-0.4, -0.2) is 18.6 Å². The van der Waals surface area contributed by atoms with Gasteiger partial charge in [-0.05, 0) is 25.1 Å². The first kappa shape index (κ1) is 12.2. The number of rotatable bonds is 5. The molecule has 0 saturated heterocycles. The van der Waals surface area contributed by atoms with Crippen molar-refractivity contribution in [3.63, 3.8) is 0 Å². The number of nitro groups is 1. The Hall–Kier alpha value is -1.88. The second kappa shape index (κ2) is 5.87. The SMILES string of the molecule is COc1ccc([N+](=O)[O-])c(C=CCCN)c1. The molecule has 0 spiro atoms. The Labute approximate surface area is 93.7 Å². The van der Waals surface area contributed by atoms with Gasteiger partial charge in [0.1, 0.15) is 5.75 Å². The van der Waals surface area contributed by atoms with Gasteiger partial charge in [-0.2, -0.15) is 0 Å². The fraction of sp³-hybridized carbons (Fsp3) is 0.273. The fourth-order valence-corrected chi connectivity index (χ4v) is 1.27. The normalized spacial score (nSPS) is 10.6. The molecular formula is C11H14N2O3. The molecule has 0 atom stereocenters. The lowest BCUT2D eigenvalue weighted by atomic mass is 10.1. The van der Waals surface area contributed by atoms with E-state index in [1.54, 1.807) is 18.2 Å². The van der Waals surface area contributed by atoms with Crippen LogP contribution in [0.2, 0.25) is 0 Å². The minimum absolute atomic E-state index is 0.0640. The number of benzene rings is 1. The largest absolute Gasteiger partial charge is 0.497 e. The van der Waals surface area contributed by atoms with Crippen LogP contribution in [0.15, 0.2) is 24.3 Å². The zero-order valence-electron chi connectivity index (χ0n) is 9.05. The molecule has 5 nitrogen and oxygen atoms in total. The first-order chi connectivity index (χ1) is 7.69. The van der Waals surface area contributed by atoms with Gasteiger partial charge >= 0.3 is 0 Å². The van der Waals surface area contributed by atoms with E-state index in [1.165, 1.54) is 13.2 Å². The summed E-state index contributed by atoms with van der Waals surface area (Å²) in [7, 11) is 1.52. The van der Waals surface area contributed by atoms with Gasteiger partial charge in [0, 0.05) is 6.07 Å². The fourth-order valence-electron chi connectivity index (χ4n) is 1.27. The van der Waals surface area contributed by atoms with Gasteiger partial charge in [0.15, 0.2) is 0 Å². The minimum Gasteiger partial charge on any atom is -0.497 e. The number of nitro benzene ring substituents is 1. The Kier molecular flexibility index (Phi) is 4.47. The van der Waals surface area contributed by atoms with E-state index in [9.17, 15) is 10.1 Å². The lowest BCUT2D eigenvalue weighted by molar-refractivity contribution is -0.385. The van der Waals surface area contributed by atoms with Crippen LogP contribution in [0.4, 0.5) is 5.69 Å². The number of nitrogens with zero attached hydrogens (tertiary/aromatic N) is 1. The van der Waals surface area contributed by atoms with Gasteiger partial charge in [0.05, 0.1) is 17.6 Å². The van der Waals surface area contributed by atoms with Gasteiger partial charge in [0.25, 0.3) is 5.69 Å². The Morgan fingerprint density at radius 1 is 1.56 bits per heavy atom. The van der Waals surface area contributed by atoms with Crippen LogP contribution in [0, 0.1) is 10.1 Å². The summed E-state index contributed by atoms with van der Waals surface area (Å²) in [6.07, 6.45) is 4.18. The minimum atomic E-state index is -0.415. The molecule has 16 heavy (non-hydrogen) atoms. The van der Waals surface area contributed by atoms with Gasteiger partial charge in [-0.25, -0.2) is 0 Å². The first-order valence-corrected chi connectivity index (χ1v) is 4.88. The molecule has 2 N–H and O–H groups in total. The standard InChI is InChI=1S/C11H14N2O3/c1-16-10-5-6-11(13(14)15)9(8-10)4-2-3-7-12/h2,4-6,8H,3,7,12H2,1H3. The molecule has 0 aliphatic rings. The molecule has 1 aromatic carbocycles. The Morgan fingerprint density at radius 3 is 2.88 bits per heavy atom. The van der Waals surface area contributed by atoms with Gasteiger partial charge < -0.3 is 10.5 Å².